The predicted molar refractivity (Wildman–Crippen MR) is 123 cm³/mol. The van der Waals surface area contributed by atoms with Crippen LogP contribution in [0.25, 0.3) is 33.1 Å². The standard InChI is InChI=1S/C26H26O6/c1-6-14(2)22(28)21-23(29)20-16(15-10-8-7-9-11-15)13-19(27)32-24(20)17-12-18(31-25(17)21)26(3,4)30-5/h7-14,29H,6H2,1-5H3/t14-/m0/s1. The summed E-state index contributed by atoms with van der Waals surface area (Å²) in [6.45, 7) is 7.38. The Morgan fingerprint density at radius 1 is 1.12 bits per heavy atom. The second-order valence-electron chi connectivity index (χ2n) is 8.51. The van der Waals surface area contributed by atoms with Gasteiger partial charge in [-0.05, 0) is 31.9 Å². The van der Waals surface area contributed by atoms with Gasteiger partial charge in [-0.15, -0.1) is 0 Å². The van der Waals surface area contributed by atoms with E-state index in [0.29, 0.717) is 28.5 Å². The summed E-state index contributed by atoms with van der Waals surface area (Å²) in [5, 5.41) is 12.1. The van der Waals surface area contributed by atoms with Gasteiger partial charge in [0.2, 0.25) is 0 Å². The molecule has 1 N–H and O–H groups in total. The average molecular weight is 434 g/mol. The number of furan rings is 1. The van der Waals surface area contributed by atoms with Crippen molar-refractivity contribution in [3.05, 3.63) is 64.2 Å². The van der Waals surface area contributed by atoms with Crippen LogP contribution in [0.2, 0.25) is 0 Å². The summed E-state index contributed by atoms with van der Waals surface area (Å²) in [5.41, 5.74) is 0.304. The van der Waals surface area contributed by atoms with Gasteiger partial charge in [-0.1, -0.05) is 44.2 Å². The van der Waals surface area contributed by atoms with Gasteiger partial charge in [0.25, 0.3) is 0 Å². The number of phenols is 1. The number of Topliss-reactive ketones (excluding diaryl/α,β-unsaturated/α-hetero) is 1. The Bertz CT molecular complexity index is 1370. The molecule has 0 saturated heterocycles. The van der Waals surface area contributed by atoms with Crippen LogP contribution in [0, 0.1) is 5.92 Å². The number of fused-ring (bicyclic) bond motifs is 3. The van der Waals surface area contributed by atoms with Crippen molar-refractivity contribution in [1.82, 2.24) is 0 Å². The smallest absolute Gasteiger partial charge is 0.336 e. The molecule has 0 saturated carbocycles. The van der Waals surface area contributed by atoms with Crippen molar-refractivity contribution in [3.8, 4) is 16.9 Å². The maximum absolute atomic E-state index is 13.4. The van der Waals surface area contributed by atoms with E-state index in [9.17, 15) is 14.7 Å². The number of ketones is 1. The first-order valence-corrected chi connectivity index (χ1v) is 10.6. The SMILES string of the molecule is CC[C@H](C)C(=O)c1c(O)c2c(-c3ccccc3)cc(=O)oc2c2cc(C(C)(C)OC)oc12. The van der Waals surface area contributed by atoms with Gasteiger partial charge in [0.1, 0.15) is 22.7 Å². The zero-order chi connectivity index (χ0) is 23.2. The van der Waals surface area contributed by atoms with Crippen LogP contribution < -0.4 is 5.63 Å². The molecule has 1 atom stereocenters. The number of aromatic hydroxyl groups is 1. The normalized spacial score (nSPS) is 13.0. The molecule has 0 aliphatic heterocycles. The Balaban J connectivity index is 2.22. The summed E-state index contributed by atoms with van der Waals surface area (Å²) in [4.78, 5) is 25.8. The molecule has 0 unspecified atom stereocenters. The quantitative estimate of drug-likeness (QED) is 0.295. The fourth-order valence-electron chi connectivity index (χ4n) is 3.80. The minimum absolute atomic E-state index is 0.0889. The maximum atomic E-state index is 13.4. The minimum atomic E-state index is -0.797. The van der Waals surface area contributed by atoms with Crippen molar-refractivity contribution in [2.45, 2.75) is 39.7 Å². The molecule has 4 aromatic rings. The highest BCUT2D eigenvalue weighted by molar-refractivity contribution is 6.20. The summed E-state index contributed by atoms with van der Waals surface area (Å²) in [7, 11) is 1.56. The number of hydrogen-bond acceptors (Lipinski definition) is 6. The van der Waals surface area contributed by atoms with Crippen LogP contribution in [-0.2, 0) is 10.3 Å². The van der Waals surface area contributed by atoms with E-state index >= 15 is 0 Å². The fraction of sp³-hybridized carbons (Fsp3) is 0.308. The zero-order valence-electron chi connectivity index (χ0n) is 18.8. The van der Waals surface area contributed by atoms with Crippen LogP contribution in [0.1, 0.15) is 50.2 Å². The third-order valence-corrected chi connectivity index (χ3v) is 6.13. The van der Waals surface area contributed by atoms with E-state index in [4.69, 9.17) is 13.6 Å². The summed E-state index contributed by atoms with van der Waals surface area (Å²) in [5.74, 6) is -0.371. The first kappa shape index (κ1) is 21.8. The highest BCUT2D eigenvalue weighted by Crippen LogP contribution is 2.45. The maximum Gasteiger partial charge on any atom is 0.336 e. The van der Waals surface area contributed by atoms with Crippen molar-refractivity contribution < 1.29 is 23.5 Å². The average Bonchev–Trinajstić information content (AvgIpc) is 3.24. The lowest BCUT2D eigenvalue weighted by atomic mass is 9.91. The van der Waals surface area contributed by atoms with Crippen LogP contribution in [0.3, 0.4) is 0 Å². The van der Waals surface area contributed by atoms with Gasteiger partial charge in [0, 0.05) is 24.7 Å². The molecule has 4 rings (SSSR count). The van der Waals surface area contributed by atoms with Crippen LogP contribution in [0.4, 0.5) is 0 Å². The van der Waals surface area contributed by atoms with E-state index in [1.165, 1.54) is 6.07 Å². The molecule has 2 aromatic carbocycles. The second kappa shape index (κ2) is 7.95. The van der Waals surface area contributed by atoms with Crippen molar-refractivity contribution in [1.29, 1.82) is 0 Å². The lowest BCUT2D eigenvalue weighted by Gasteiger charge is -2.19. The largest absolute Gasteiger partial charge is 0.506 e. The van der Waals surface area contributed by atoms with Gasteiger partial charge in [-0.3, -0.25) is 4.79 Å². The van der Waals surface area contributed by atoms with E-state index in [1.54, 1.807) is 13.2 Å². The van der Waals surface area contributed by atoms with E-state index in [1.807, 2.05) is 58.0 Å². The molecule has 32 heavy (non-hydrogen) atoms. The van der Waals surface area contributed by atoms with Crippen LogP contribution in [0.15, 0.2) is 56.1 Å². The molecule has 0 spiro atoms. The van der Waals surface area contributed by atoms with Gasteiger partial charge in [-0.2, -0.15) is 0 Å². The number of carbonyl (C=O) groups is 1. The van der Waals surface area contributed by atoms with Gasteiger partial charge in [-0.25, -0.2) is 4.79 Å². The van der Waals surface area contributed by atoms with Crippen molar-refractivity contribution >= 4 is 27.7 Å². The highest BCUT2D eigenvalue weighted by atomic mass is 16.5. The number of carbonyl (C=O) groups excluding carboxylic acids is 1. The summed E-state index contributed by atoms with van der Waals surface area (Å²) >= 11 is 0. The van der Waals surface area contributed by atoms with Crippen molar-refractivity contribution in [2.24, 2.45) is 5.92 Å². The van der Waals surface area contributed by atoms with Gasteiger partial charge in [0.05, 0.1) is 10.8 Å². The molecule has 6 nitrogen and oxygen atoms in total. The van der Waals surface area contributed by atoms with E-state index < -0.39 is 11.2 Å². The van der Waals surface area contributed by atoms with Gasteiger partial charge < -0.3 is 18.7 Å². The molecule has 0 bridgehead atoms. The minimum Gasteiger partial charge on any atom is -0.506 e. The molecule has 166 valence electrons. The van der Waals surface area contributed by atoms with E-state index in [2.05, 4.69) is 0 Å². The van der Waals surface area contributed by atoms with Crippen molar-refractivity contribution in [2.75, 3.05) is 7.11 Å². The molecule has 0 radical (unpaired) electrons. The van der Waals surface area contributed by atoms with E-state index in [-0.39, 0.29) is 34.2 Å². The first-order valence-electron chi connectivity index (χ1n) is 10.6. The molecular weight excluding hydrogens is 408 g/mol. The third kappa shape index (κ3) is 3.41. The molecule has 0 fully saturated rings. The lowest BCUT2D eigenvalue weighted by Crippen LogP contribution is -2.18. The lowest BCUT2D eigenvalue weighted by molar-refractivity contribution is 0.00207. The van der Waals surface area contributed by atoms with Gasteiger partial charge >= 0.3 is 5.63 Å². The second-order valence-corrected chi connectivity index (χ2v) is 8.51. The molecule has 2 heterocycles. The number of phenolic OH excluding ortho intramolecular Hbond substituents is 1. The Hall–Kier alpha value is -3.38. The molecule has 0 aliphatic carbocycles. The van der Waals surface area contributed by atoms with Crippen LogP contribution >= 0.6 is 0 Å². The Kier molecular flexibility index (Phi) is 5.42. The van der Waals surface area contributed by atoms with Crippen LogP contribution in [0.5, 0.6) is 5.75 Å². The Morgan fingerprint density at radius 2 is 1.81 bits per heavy atom. The molecule has 6 heteroatoms. The third-order valence-electron chi connectivity index (χ3n) is 6.13. The summed E-state index contributed by atoms with van der Waals surface area (Å²) in [6, 6.07) is 12.3. The number of rotatable bonds is 6. The number of methoxy groups -OCH3 is 1. The van der Waals surface area contributed by atoms with E-state index in [0.717, 1.165) is 5.56 Å². The zero-order valence-corrected chi connectivity index (χ0v) is 18.8. The molecule has 0 aliphatic rings. The summed E-state index contributed by atoms with van der Waals surface area (Å²) in [6.07, 6.45) is 0.602. The molecule has 0 amide bonds. The monoisotopic (exact) mass is 434 g/mol. The molecule has 2 aromatic heterocycles. The van der Waals surface area contributed by atoms with Gasteiger partial charge in [0.15, 0.2) is 16.9 Å². The first-order chi connectivity index (χ1) is 15.2. The highest BCUT2D eigenvalue weighted by Gasteiger charge is 2.32. The van der Waals surface area contributed by atoms with Crippen molar-refractivity contribution in [3.63, 3.8) is 0 Å². The van der Waals surface area contributed by atoms with Crippen LogP contribution in [-0.4, -0.2) is 18.0 Å². The Labute approximate surface area is 185 Å². The number of benzene rings is 2. The number of ether oxygens (including phenoxy) is 1. The fourth-order valence-corrected chi connectivity index (χ4v) is 3.80. The number of hydrogen-bond donors (Lipinski definition) is 1. The summed E-state index contributed by atoms with van der Waals surface area (Å²) < 4.78 is 17.2. The molecular formula is C26H26O6. The Morgan fingerprint density at radius 3 is 2.44 bits per heavy atom. The topological polar surface area (TPSA) is 89.9 Å². The predicted octanol–water partition coefficient (Wildman–Crippen LogP) is 6.02.